The van der Waals surface area contributed by atoms with Crippen LogP contribution in [0.15, 0.2) is 66.9 Å². The van der Waals surface area contributed by atoms with Gasteiger partial charge in [-0.15, -0.1) is 0 Å². The van der Waals surface area contributed by atoms with E-state index in [-0.39, 0.29) is 17.5 Å². The molecular formula is C44H48Cl2N6O5. The number of methoxy groups -OCH3 is 2. The Morgan fingerprint density at radius 2 is 1.70 bits per heavy atom. The average Bonchev–Trinajstić information content (AvgIpc) is 3.85. The molecule has 3 heterocycles. The third-order valence-corrected chi connectivity index (χ3v) is 13.6. The second-order valence-corrected chi connectivity index (χ2v) is 16.7. The smallest absolute Gasteiger partial charge is 0.309 e. The zero-order valence-corrected chi connectivity index (χ0v) is 34.1. The first-order chi connectivity index (χ1) is 27.5. The maximum atomic E-state index is 12.0. The monoisotopic (exact) mass is 810 g/mol. The molecule has 0 spiro atoms. The molecule has 5 aromatic rings. The SMILES string of the molecule is COc1cc(Cn2ncc3c(-c4cccc(-c5ccc(CNC[C@@H]6CCC(=O)N6)c(OC)n5)c4Cl)cccc32)c(Cl)cc1CN(C)C12CCC(C(=O)O)(CC1)CC2. The molecule has 11 nitrogen and oxygen atoms in total. The molecule has 4 fully saturated rings. The van der Waals surface area contributed by atoms with E-state index in [1.54, 1.807) is 14.2 Å². The van der Waals surface area contributed by atoms with Crippen LogP contribution >= 0.6 is 23.2 Å². The number of aliphatic carboxylic acids is 1. The molecule has 57 heavy (non-hydrogen) atoms. The fraction of sp³-hybridized carbons (Fsp3) is 0.409. The molecule has 2 aromatic heterocycles. The number of carbonyl (C=O) groups excluding carboxylic acids is 1. The van der Waals surface area contributed by atoms with Crippen LogP contribution in [0.25, 0.3) is 33.3 Å². The standard InChI is InChI=1S/C44H48Cl2N6O5/c1-51(44-17-14-43(15-18-44,16-19-44)42(54)55)25-29-20-35(45)28(21-38(29)56-2)26-52-37-9-5-6-31(34(37)24-48-52)32-7-4-8-33(40(32)46)36-12-10-27(41(50-36)57-3)22-47-23-30-11-13-39(53)49-30/h4-10,12,20-21,24,30,47H,11,13-19,22-23,25-26H2,1-3H3,(H,49,53)(H,54,55)/t30-,43?,44?/m0/s1. The van der Waals surface area contributed by atoms with Gasteiger partial charge in [0.2, 0.25) is 11.8 Å². The lowest BCUT2D eigenvalue weighted by Crippen LogP contribution is -2.56. The van der Waals surface area contributed by atoms with Crippen molar-refractivity contribution < 1.29 is 24.2 Å². The molecule has 3 aromatic carbocycles. The predicted octanol–water partition coefficient (Wildman–Crippen LogP) is 8.12. The Morgan fingerprint density at radius 1 is 0.965 bits per heavy atom. The normalized spacial score (nSPS) is 21.6. The topological polar surface area (TPSA) is 131 Å². The van der Waals surface area contributed by atoms with Crippen LogP contribution in [0.1, 0.15) is 68.1 Å². The molecule has 1 saturated heterocycles. The number of hydrogen-bond acceptors (Lipinski definition) is 8. The number of rotatable bonds is 14. The van der Waals surface area contributed by atoms with E-state index in [1.165, 1.54) is 0 Å². The molecule has 9 rings (SSSR count). The summed E-state index contributed by atoms with van der Waals surface area (Å²) < 4.78 is 13.6. The van der Waals surface area contributed by atoms with E-state index in [4.69, 9.17) is 42.8 Å². The maximum Gasteiger partial charge on any atom is 0.309 e. The van der Waals surface area contributed by atoms with Crippen molar-refractivity contribution in [1.29, 1.82) is 0 Å². The lowest BCUT2D eigenvalue weighted by atomic mass is 9.57. The van der Waals surface area contributed by atoms with E-state index in [2.05, 4.69) is 28.6 Å². The summed E-state index contributed by atoms with van der Waals surface area (Å²) in [4.78, 5) is 30.8. The van der Waals surface area contributed by atoms with Crippen molar-refractivity contribution in [3.63, 3.8) is 0 Å². The van der Waals surface area contributed by atoms with Gasteiger partial charge in [0.25, 0.3) is 0 Å². The first-order valence-electron chi connectivity index (χ1n) is 19.6. The zero-order chi connectivity index (χ0) is 39.9. The van der Waals surface area contributed by atoms with Gasteiger partial charge in [-0.25, -0.2) is 4.98 Å². The number of pyridine rings is 1. The quantitative estimate of drug-likeness (QED) is 0.102. The van der Waals surface area contributed by atoms with Gasteiger partial charge in [0, 0.05) is 70.3 Å². The summed E-state index contributed by atoms with van der Waals surface area (Å²) in [5, 5.41) is 23.2. The largest absolute Gasteiger partial charge is 0.496 e. The Bertz CT molecular complexity index is 2320. The number of ether oxygens (including phenoxy) is 2. The minimum atomic E-state index is -0.642. The van der Waals surface area contributed by atoms with Gasteiger partial charge in [0.1, 0.15) is 5.75 Å². The number of nitrogens with one attached hydrogen (secondary N) is 2. The van der Waals surface area contributed by atoms with Crippen LogP contribution in [0.4, 0.5) is 0 Å². The first kappa shape index (κ1) is 39.2. The third kappa shape index (κ3) is 7.46. The molecule has 4 aliphatic rings. The van der Waals surface area contributed by atoms with E-state index >= 15 is 0 Å². The lowest BCUT2D eigenvalue weighted by Gasteiger charge is -2.55. The van der Waals surface area contributed by atoms with Crippen LogP contribution in [0.5, 0.6) is 11.6 Å². The highest BCUT2D eigenvalue weighted by molar-refractivity contribution is 6.36. The second kappa shape index (κ2) is 15.9. The Labute approximate surface area is 342 Å². The predicted molar refractivity (Wildman–Crippen MR) is 222 cm³/mol. The molecule has 0 radical (unpaired) electrons. The van der Waals surface area contributed by atoms with Crippen molar-refractivity contribution in [3.8, 4) is 34.0 Å². The lowest BCUT2D eigenvalue weighted by molar-refractivity contribution is -0.160. The Hall–Kier alpha value is -4.68. The van der Waals surface area contributed by atoms with Gasteiger partial charge in [0.15, 0.2) is 0 Å². The zero-order valence-electron chi connectivity index (χ0n) is 32.5. The van der Waals surface area contributed by atoms with Gasteiger partial charge in [-0.1, -0.05) is 59.6 Å². The minimum Gasteiger partial charge on any atom is -0.496 e. The number of fused-ring (bicyclic) bond motifs is 4. The van der Waals surface area contributed by atoms with Crippen molar-refractivity contribution in [2.24, 2.45) is 5.41 Å². The summed E-state index contributed by atoms with van der Waals surface area (Å²) in [5.74, 6) is 0.737. The second-order valence-electron chi connectivity index (χ2n) is 15.9. The molecule has 3 saturated carbocycles. The summed E-state index contributed by atoms with van der Waals surface area (Å²) in [6, 6.07) is 20.2. The van der Waals surface area contributed by atoms with E-state index in [1.807, 2.05) is 65.5 Å². The molecule has 3 aliphatic carbocycles. The summed E-state index contributed by atoms with van der Waals surface area (Å²) in [6.45, 7) is 2.33. The van der Waals surface area contributed by atoms with Crippen LogP contribution < -0.4 is 20.1 Å². The van der Waals surface area contributed by atoms with E-state index in [0.29, 0.717) is 54.2 Å². The average molecular weight is 812 g/mol. The number of carboxylic acids is 1. The highest BCUT2D eigenvalue weighted by Gasteiger charge is 2.54. The van der Waals surface area contributed by atoms with Crippen molar-refractivity contribution in [2.75, 3.05) is 27.8 Å². The van der Waals surface area contributed by atoms with Gasteiger partial charge in [-0.05, 0) is 87.4 Å². The van der Waals surface area contributed by atoms with Gasteiger partial charge in [0.05, 0.1) is 48.6 Å². The molecule has 0 unspecified atom stereocenters. The van der Waals surface area contributed by atoms with E-state index in [0.717, 1.165) is 95.0 Å². The van der Waals surface area contributed by atoms with E-state index < -0.39 is 11.4 Å². The van der Waals surface area contributed by atoms with Crippen molar-refractivity contribution in [3.05, 3.63) is 93.6 Å². The van der Waals surface area contributed by atoms with Crippen LogP contribution in [0, 0.1) is 5.41 Å². The van der Waals surface area contributed by atoms with Gasteiger partial charge in [-0.3, -0.25) is 19.2 Å². The van der Waals surface area contributed by atoms with Crippen LogP contribution in [-0.4, -0.2) is 76.0 Å². The summed E-state index contributed by atoms with van der Waals surface area (Å²) in [6.07, 6.45) is 8.11. The van der Waals surface area contributed by atoms with Crippen LogP contribution in [0.2, 0.25) is 10.0 Å². The fourth-order valence-corrected chi connectivity index (χ4v) is 9.83. The van der Waals surface area contributed by atoms with Gasteiger partial charge < -0.3 is 25.2 Å². The maximum absolute atomic E-state index is 12.0. The number of nitrogens with zero attached hydrogens (tertiary/aromatic N) is 4. The molecule has 3 N–H and O–H groups in total. The number of hydrogen-bond donors (Lipinski definition) is 3. The molecule has 298 valence electrons. The van der Waals surface area contributed by atoms with Crippen molar-refractivity contribution in [2.45, 2.75) is 82.6 Å². The number of benzene rings is 3. The summed E-state index contributed by atoms with van der Waals surface area (Å²) in [7, 11) is 5.43. The molecule has 1 aliphatic heterocycles. The Balaban J connectivity index is 1.00. The number of carboxylic acid groups (broad SMARTS) is 1. The first-order valence-corrected chi connectivity index (χ1v) is 20.4. The highest BCUT2D eigenvalue weighted by atomic mass is 35.5. The molecule has 1 amide bonds. The molecule has 13 heteroatoms. The van der Waals surface area contributed by atoms with Gasteiger partial charge >= 0.3 is 5.97 Å². The highest BCUT2D eigenvalue weighted by Crippen LogP contribution is 2.55. The number of halogens is 2. The molecule has 1 atom stereocenters. The summed E-state index contributed by atoms with van der Waals surface area (Å²) in [5.41, 5.74) is 6.48. The Morgan fingerprint density at radius 3 is 2.40 bits per heavy atom. The van der Waals surface area contributed by atoms with Crippen LogP contribution in [-0.2, 0) is 29.2 Å². The Kier molecular flexibility index (Phi) is 10.9. The van der Waals surface area contributed by atoms with Crippen LogP contribution in [0.3, 0.4) is 0 Å². The number of amides is 1. The number of aromatic nitrogens is 3. The fourth-order valence-electron chi connectivity index (χ4n) is 9.26. The number of carbonyl (C=O) groups is 2. The summed E-state index contributed by atoms with van der Waals surface area (Å²) >= 11 is 14.2. The van der Waals surface area contributed by atoms with Gasteiger partial charge in [-0.2, -0.15) is 5.10 Å². The molecule has 2 bridgehead atoms. The third-order valence-electron chi connectivity index (χ3n) is 12.8. The molecular weight excluding hydrogens is 763 g/mol. The van der Waals surface area contributed by atoms with Crippen molar-refractivity contribution >= 4 is 46.0 Å². The van der Waals surface area contributed by atoms with E-state index in [9.17, 15) is 14.7 Å². The minimum absolute atomic E-state index is 0.00951. The van der Waals surface area contributed by atoms with Crippen molar-refractivity contribution in [1.82, 2.24) is 30.3 Å².